The van der Waals surface area contributed by atoms with Crippen LogP contribution in [0, 0.1) is 0 Å². The molecule has 2 N–H and O–H groups in total. The third kappa shape index (κ3) is 6.67. The molecule has 1 aromatic rings. The molecule has 136 valence electrons. The van der Waals surface area contributed by atoms with Gasteiger partial charge in [0.1, 0.15) is 18.5 Å². The molecule has 1 unspecified atom stereocenters. The van der Waals surface area contributed by atoms with E-state index in [-0.39, 0.29) is 0 Å². The van der Waals surface area contributed by atoms with Gasteiger partial charge < -0.3 is 25.0 Å². The van der Waals surface area contributed by atoms with Crippen LogP contribution in [0.1, 0.15) is 26.2 Å². The van der Waals surface area contributed by atoms with Gasteiger partial charge in [-0.25, -0.2) is 0 Å². The molecule has 0 amide bonds. The lowest BCUT2D eigenvalue weighted by Crippen LogP contribution is -2.39. The van der Waals surface area contributed by atoms with E-state index < -0.39 is 6.10 Å². The number of piperidine rings is 1. The summed E-state index contributed by atoms with van der Waals surface area (Å²) in [5.41, 5.74) is 1.14. The maximum absolute atomic E-state index is 9.83. The van der Waals surface area contributed by atoms with Gasteiger partial charge in [0.2, 0.25) is 0 Å². The minimum Gasteiger partial charge on any atom is -0.491 e. The molecule has 0 bridgehead atoms. The van der Waals surface area contributed by atoms with Gasteiger partial charge in [0.05, 0.1) is 0 Å². The summed E-state index contributed by atoms with van der Waals surface area (Å²) < 4.78 is 5.64. The lowest BCUT2D eigenvalue weighted by atomic mass is 10.0. The van der Waals surface area contributed by atoms with Crippen LogP contribution in [0.5, 0.6) is 5.75 Å². The number of aliphatic hydroxyl groups is 1. The van der Waals surface area contributed by atoms with Gasteiger partial charge >= 0.3 is 0 Å². The molecular weight excluding hydrogens is 302 g/mol. The molecule has 5 nitrogen and oxygen atoms in total. The highest BCUT2D eigenvalue weighted by atomic mass is 16.5. The number of aliphatic hydroxyl groups excluding tert-OH is 1. The van der Waals surface area contributed by atoms with E-state index in [1.54, 1.807) is 0 Å². The van der Waals surface area contributed by atoms with Crippen molar-refractivity contribution in [2.24, 2.45) is 0 Å². The molecule has 1 fully saturated rings. The maximum Gasteiger partial charge on any atom is 0.119 e. The fraction of sp³-hybridized carbons (Fsp3) is 0.684. The second kappa shape index (κ2) is 9.87. The Labute approximate surface area is 146 Å². The van der Waals surface area contributed by atoms with Gasteiger partial charge in [0.15, 0.2) is 0 Å². The number of benzene rings is 1. The van der Waals surface area contributed by atoms with E-state index in [0.29, 0.717) is 19.2 Å². The molecule has 1 heterocycles. The zero-order valence-electron chi connectivity index (χ0n) is 15.4. The van der Waals surface area contributed by atoms with E-state index in [9.17, 15) is 5.11 Å². The second-order valence-corrected chi connectivity index (χ2v) is 7.01. The molecule has 0 spiro atoms. The minimum absolute atomic E-state index is 0.320. The lowest BCUT2D eigenvalue weighted by molar-refractivity contribution is 0.0831. The van der Waals surface area contributed by atoms with E-state index in [1.165, 1.54) is 38.9 Å². The highest BCUT2D eigenvalue weighted by Gasteiger charge is 2.18. The Morgan fingerprint density at radius 1 is 1.25 bits per heavy atom. The minimum atomic E-state index is -0.467. The Bertz CT molecular complexity index is 456. The van der Waals surface area contributed by atoms with E-state index in [2.05, 4.69) is 29.3 Å². The Kier molecular flexibility index (Phi) is 7.82. The summed E-state index contributed by atoms with van der Waals surface area (Å²) in [6.07, 6.45) is 3.18. The number of ether oxygens (including phenoxy) is 1. The van der Waals surface area contributed by atoms with E-state index >= 15 is 0 Å². The van der Waals surface area contributed by atoms with E-state index in [4.69, 9.17) is 4.74 Å². The molecule has 2 rings (SSSR count). The smallest absolute Gasteiger partial charge is 0.119 e. The van der Waals surface area contributed by atoms with Crippen LogP contribution in [0.15, 0.2) is 24.3 Å². The van der Waals surface area contributed by atoms with Gasteiger partial charge in [0, 0.05) is 31.4 Å². The van der Waals surface area contributed by atoms with Crippen molar-refractivity contribution in [3.63, 3.8) is 0 Å². The molecule has 1 aromatic carbocycles. The second-order valence-electron chi connectivity index (χ2n) is 7.01. The number of hydrogen-bond donors (Lipinski definition) is 2. The normalized spacial score (nSPS) is 17.9. The van der Waals surface area contributed by atoms with Crippen LogP contribution in [-0.2, 0) is 0 Å². The largest absolute Gasteiger partial charge is 0.491 e. The average Bonchev–Trinajstić information content (AvgIpc) is 2.56. The Hall–Kier alpha value is -1.30. The highest BCUT2D eigenvalue weighted by Crippen LogP contribution is 2.20. The van der Waals surface area contributed by atoms with Crippen LogP contribution in [0.2, 0.25) is 0 Å². The van der Waals surface area contributed by atoms with E-state index in [0.717, 1.165) is 11.4 Å². The summed E-state index contributed by atoms with van der Waals surface area (Å²) in [5, 5.41) is 13.5. The Morgan fingerprint density at radius 3 is 2.50 bits per heavy atom. The molecule has 24 heavy (non-hydrogen) atoms. The molecule has 5 heteroatoms. The van der Waals surface area contributed by atoms with Crippen molar-refractivity contribution in [2.75, 3.05) is 52.2 Å². The highest BCUT2D eigenvalue weighted by molar-refractivity contribution is 5.47. The molecule has 0 saturated carbocycles. The van der Waals surface area contributed by atoms with Crippen LogP contribution < -0.4 is 10.1 Å². The number of nitrogens with one attached hydrogen (secondary N) is 1. The predicted octanol–water partition coefficient (Wildman–Crippen LogP) is 2.27. The Balaban J connectivity index is 1.72. The van der Waals surface area contributed by atoms with Gasteiger partial charge in [-0.2, -0.15) is 0 Å². The quantitative estimate of drug-likeness (QED) is 0.725. The summed E-state index contributed by atoms with van der Waals surface area (Å²) >= 11 is 0. The monoisotopic (exact) mass is 335 g/mol. The molecule has 1 aliphatic rings. The summed E-state index contributed by atoms with van der Waals surface area (Å²) in [6.45, 7) is 6.77. The topological polar surface area (TPSA) is 48.0 Å². The first-order valence-corrected chi connectivity index (χ1v) is 9.11. The van der Waals surface area contributed by atoms with Gasteiger partial charge in [-0.1, -0.05) is 6.92 Å². The molecular formula is C19H33N3O2. The van der Waals surface area contributed by atoms with Gasteiger partial charge in [-0.3, -0.25) is 0 Å². The SMILES string of the molecule is CCCN1CCC(Nc2ccc(OCC(O)CN(C)C)cc2)CC1. The number of rotatable bonds is 9. The maximum atomic E-state index is 9.83. The standard InChI is InChI=1S/C19H33N3O2/c1-4-11-22-12-9-17(10-13-22)20-16-5-7-19(8-6-16)24-15-18(23)14-21(2)3/h5-8,17-18,20,23H,4,9-15H2,1-3H3. The zero-order valence-corrected chi connectivity index (χ0v) is 15.4. The fourth-order valence-electron chi connectivity index (χ4n) is 3.17. The summed E-state index contributed by atoms with van der Waals surface area (Å²) in [5.74, 6) is 0.802. The van der Waals surface area contributed by atoms with Crippen LogP contribution in [0.4, 0.5) is 5.69 Å². The number of nitrogens with zero attached hydrogens (tertiary/aromatic N) is 2. The fourth-order valence-corrected chi connectivity index (χ4v) is 3.17. The molecule has 0 aromatic heterocycles. The Morgan fingerprint density at radius 2 is 1.92 bits per heavy atom. The first-order chi connectivity index (χ1) is 11.6. The van der Waals surface area contributed by atoms with Gasteiger partial charge in [-0.15, -0.1) is 0 Å². The van der Waals surface area contributed by atoms with Crippen molar-refractivity contribution in [1.82, 2.24) is 9.80 Å². The van der Waals surface area contributed by atoms with Crippen molar-refractivity contribution in [3.8, 4) is 5.75 Å². The van der Waals surface area contributed by atoms with Crippen molar-refractivity contribution < 1.29 is 9.84 Å². The van der Waals surface area contributed by atoms with Gasteiger partial charge in [-0.05, 0) is 64.2 Å². The molecule has 1 atom stereocenters. The van der Waals surface area contributed by atoms with Crippen molar-refractivity contribution in [2.45, 2.75) is 38.3 Å². The predicted molar refractivity (Wildman–Crippen MR) is 99.9 cm³/mol. The van der Waals surface area contributed by atoms with Crippen molar-refractivity contribution in [3.05, 3.63) is 24.3 Å². The van der Waals surface area contributed by atoms with Crippen LogP contribution >= 0.6 is 0 Å². The number of likely N-dealkylation sites (N-methyl/N-ethyl adjacent to an activating group) is 1. The summed E-state index contributed by atoms with van der Waals surface area (Å²) in [4.78, 5) is 4.50. The molecule has 0 aliphatic carbocycles. The first kappa shape index (κ1) is 19.0. The number of anilines is 1. The number of likely N-dealkylation sites (tertiary alicyclic amines) is 1. The van der Waals surface area contributed by atoms with E-state index in [1.807, 2.05) is 31.1 Å². The first-order valence-electron chi connectivity index (χ1n) is 9.11. The van der Waals surface area contributed by atoms with Crippen molar-refractivity contribution in [1.29, 1.82) is 0 Å². The summed E-state index contributed by atoms with van der Waals surface area (Å²) in [6, 6.07) is 8.62. The third-order valence-corrected chi connectivity index (χ3v) is 4.37. The zero-order chi connectivity index (χ0) is 17.4. The molecule has 1 saturated heterocycles. The average molecular weight is 335 g/mol. The van der Waals surface area contributed by atoms with Gasteiger partial charge in [0.25, 0.3) is 0 Å². The van der Waals surface area contributed by atoms with Crippen LogP contribution in [0.3, 0.4) is 0 Å². The number of hydrogen-bond acceptors (Lipinski definition) is 5. The molecule has 0 radical (unpaired) electrons. The van der Waals surface area contributed by atoms with Crippen LogP contribution in [0.25, 0.3) is 0 Å². The molecule has 1 aliphatic heterocycles. The van der Waals surface area contributed by atoms with Crippen molar-refractivity contribution >= 4 is 5.69 Å². The summed E-state index contributed by atoms with van der Waals surface area (Å²) in [7, 11) is 3.88. The van der Waals surface area contributed by atoms with Crippen LogP contribution in [-0.4, -0.2) is 73.9 Å². The lowest BCUT2D eigenvalue weighted by Gasteiger charge is -2.32. The third-order valence-electron chi connectivity index (χ3n) is 4.37.